The van der Waals surface area contributed by atoms with Crippen molar-refractivity contribution in [1.82, 2.24) is 19.7 Å². The van der Waals surface area contributed by atoms with Crippen molar-refractivity contribution in [2.75, 3.05) is 17.3 Å². The molecule has 176 valence electrons. The van der Waals surface area contributed by atoms with E-state index in [4.69, 9.17) is 4.42 Å². The zero-order valence-electron chi connectivity index (χ0n) is 18.8. The van der Waals surface area contributed by atoms with E-state index in [2.05, 4.69) is 10.2 Å². The highest BCUT2D eigenvalue weighted by Gasteiger charge is 2.36. The number of thioether (sulfide) groups is 1. The van der Waals surface area contributed by atoms with Crippen molar-refractivity contribution in [3.05, 3.63) is 54.3 Å². The third kappa shape index (κ3) is 5.50. The molecule has 0 bridgehead atoms. The molecule has 10 heteroatoms. The van der Waals surface area contributed by atoms with E-state index in [0.717, 1.165) is 12.0 Å². The molecule has 0 aliphatic carbocycles. The van der Waals surface area contributed by atoms with Crippen LogP contribution in [0.5, 0.6) is 0 Å². The summed E-state index contributed by atoms with van der Waals surface area (Å²) in [6.07, 6.45) is 2.85. The Morgan fingerprint density at radius 2 is 2.03 bits per heavy atom. The Hall–Kier alpha value is -2.59. The second kappa shape index (κ2) is 10.1. The van der Waals surface area contributed by atoms with E-state index in [0.29, 0.717) is 29.7 Å². The van der Waals surface area contributed by atoms with Gasteiger partial charge in [0.15, 0.2) is 20.8 Å². The SMILES string of the molecule is CCC(C)N(C(=O)CSc1nnc(-c2ccco2)n1Cc1ccccc1)C1CCS(=O)(=O)C1. The van der Waals surface area contributed by atoms with E-state index in [1.54, 1.807) is 17.2 Å². The molecular weight excluding hydrogens is 460 g/mol. The maximum Gasteiger partial charge on any atom is 0.233 e. The number of rotatable bonds is 9. The molecule has 8 nitrogen and oxygen atoms in total. The molecule has 1 aliphatic rings. The van der Waals surface area contributed by atoms with Crippen molar-refractivity contribution in [2.24, 2.45) is 0 Å². The summed E-state index contributed by atoms with van der Waals surface area (Å²) in [4.78, 5) is 15.0. The minimum Gasteiger partial charge on any atom is -0.461 e. The van der Waals surface area contributed by atoms with Crippen molar-refractivity contribution >= 4 is 27.5 Å². The average Bonchev–Trinajstić information content (AvgIpc) is 3.53. The van der Waals surface area contributed by atoms with Crippen molar-refractivity contribution in [2.45, 2.75) is 50.5 Å². The van der Waals surface area contributed by atoms with Crippen molar-refractivity contribution < 1.29 is 17.6 Å². The van der Waals surface area contributed by atoms with Crippen LogP contribution in [0.1, 0.15) is 32.3 Å². The summed E-state index contributed by atoms with van der Waals surface area (Å²) < 4.78 is 31.5. The van der Waals surface area contributed by atoms with Crippen LogP contribution in [0.2, 0.25) is 0 Å². The second-order valence-corrected chi connectivity index (χ2v) is 11.4. The minimum atomic E-state index is -3.08. The summed E-state index contributed by atoms with van der Waals surface area (Å²) in [5.74, 6) is 1.47. The first-order valence-electron chi connectivity index (χ1n) is 11.0. The van der Waals surface area contributed by atoms with Crippen LogP contribution in [-0.2, 0) is 21.2 Å². The van der Waals surface area contributed by atoms with Crippen molar-refractivity contribution in [1.29, 1.82) is 0 Å². The van der Waals surface area contributed by atoms with Gasteiger partial charge in [-0.05, 0) is 37.5 Å². The van der Waals surface area contributed by atoms with Crippen LogP contribution >= 0.6 is 11.8 Å². The number of furan rings is 1. The molecule has 33 heavy (non-hydrogen) atoms. The quantitative estimate of drug-likeness (QED) is 0.425. The predicted octanol–water partition coefficient (Wildman–Crippen LogP) is 3.49. The van der Waals surface area contributed by atoms with E-state index in [-0.39, 0.29) is 35.2 Å². The smallest absolute Gasteiger partial charge is 0.233 e. The highest BCUT2D eigenvalue weighted by molar-refractivity contribution is 7.99. The maximum absolute atomic E-state index is 13.3. The van der Waals surface area contributed by atoms with Crippen molar-refractivity contribution in [3.63, 3.8) is 0 Å². The number of hydrogen-bond acceptors (Lipinski definition) is 7. The molecule has 1 saturated heterocycles. The molecular formula is C23H28N4O4S2. The lowest BCUT2D eigenvalue weighted by Gasteiger charge is -2.33. The normalized spacial score (nSPS) is 18.3. The van der Waals surface area contributed by atoms with Crippen LogP contribution < -0.4 is 0 Å². The Bertz CT molecular complexity index is 1180. The van der Waals surface area contributed by atoms with Crippen LogP contribution in [0.3, 0.4) is 0 Å². The zero-order valence-corrected chi connectivity index (χ0v) is 20.4. The number of benzene rings is 1. The van der Waals surface area contributed by atoms with Gasteiger partial charge < -0.3 is 9.32 Å². The van der Waals surface area contributed by atoms with Gasteiger partial charge >= 0.3 is 0 Å². The topological polar surface area (TPSA) is 98.3 Å². The number of carbonyl (C=O) groups is 1. The lowest BCUT2D eigenvalue weighted by molar-refractivity contribution is -0.132. The molecule has 0 saturated carbocycles. The van der Waals surface area contributed by atoms with Crippen LogP contribution in [0.25, 0.3) is 11.6 Å². The number of aromatic nitrogens is 3. The summed E-state index contributed by atoms with van der Waals surface area (Å²) >= 11 is 1.31. The molecule has 3 heterocycles. The van der Waals surface area contributed by atoms with Crippen LogP contribution in [0.4, 0.5) is 0 Å². The van der Waals surface area contributed by atoms with Gasteiger partial charge in [-0.15, -0.1) is 10.2 Å². The highest BCUT2D eigenvalue weighted by atomic mass is 32.2. The maximum atomic E-state index is 13.3. The number of carbonyl (C=O) groups excluding carboxylic acids is 1. The molecule has 0 radical (unpaired) electrons. The largest absolute Gasteiger partial charge is 0.461 e. The van der Waals surface area contributed by atoms with E-state index in [1.807, 2.05) is 54.8 Å². The Morgan fingerprint density at radius 3 is 2.67 bits per heavy atom. The third-order valence-corrected chi connectivity index (χ3v) is 8.62. The fraction of sp³-hybridized carbons (Fsp3) is 0.435. The monoisotopic (exact) mass is 488 g/mol. The van der Waals surface area contributed by atoms with Gasteiger partial charge in [-0.25, -0.2) is 8.42 Å². The van der Waals surface area contributed by atoms with Gasteiger partial charge in [-0.3, -0.25) is 9.36 Å². The average molecular weight is 489 g/mol. The standard InChI is InChI=1S/C23H28N4O4S2/c1-3-17(2)27(19-11-13-33(29,30)16-19)21(28)15-32-23-25-24-22(20-10-7-12-31-20)26(23)14-18-8-5-4-6-9-18/h4-10,12,17,19H,3,11,13-16H2,1-2H3. The fourth-order valence-corrected chi connectivity index (χ4v) is 6.61. The van der Waals surface area contributed by atoms with Crippen LogP contribution in [0.15, 0.2) is 58.3 Å². The molecule has 3 aromatic rings. The molecule has 1 amide bonds. The molecule has 2 unspecified atom stereocenters. The van der Waals surface area contributed by atoms with Gasteiger partial charge in [0.25, 0.3) is 0 Å². The predicted molar refractivity (Wildman–Crippen MR) is 128 cm³/mol. The highest BCUT2D eigenvalue weighted by Crippen LogP contribution is 2.27. The van der Waals surface area contributed by atoms with Gasteiger partial charge in [0, 0.05) is 12.1 Å². The van der Waals surface area contributed by atoms with Gasteiger partial charge in [-0.2, -0.15) is 0 Å². The summed E-state index contributed by atoms with van der Waals surface area (Å²) in [5.41, 5.74) is 1.08. The van der Waals surface area contributed by atoms with Crippen molar-refractivity contribution in [3.8, 4) is 11.6 Å². The third-order valence-electron chi connectivity index (χ3n) is 5.92. The minimum absolute atomic E-state index is 0.0303. The summed E-state index contributed by atoms with van der Waals surface area (Å²) in [5, 5.41) is 9.27. The second-order valence-electron chi connectivity index (χ2n) is 8.26. The van der Waals surface area contributed by atoms with Gasteiger partial charge in [-0.1, -0.05) is 49.0 Å². The number of hydrogen-bond donors (Lipinski definition) is 0. The van der Waals surface area contributed by atoms with Crippen LogP contribution in [-0.4, -0.2) is 63.3 Å². The molecule has 0 spiro atoms. The molecule has 1 aromatic carbocycles. The summed E-state index contributed by atoms with van der Waals surface area (Å²) in [7, 11) is -3.08. The molecule has 0 N–H and O–H groups in total. The summed E-state index contributed by atoms with van der Waals surface area (Å²) in [6, 6.07) is 13.3. The Morgan fingerprint density at radius 1 is 1.24 bits per heavy atom. The van der Waals surface area contributed by atoms with E-state index >= 15 is 0 Å². The van der Waals surface area contributed by atoms with E-state index in [9.17, 15) is 13.2 Å². The number of amides is 1. The Labute approximate surface area is 198 Å². The molecule has 1 fully saturated rings. The zero-order chi connectivity index (χ0) is 23.4. The first-order chi connectivity index (χ1) is 15.9. The van der Waals surface area contributed by atoms with E-state index < -0.39 is 9.84 Å². The number of sulfone groups is 1. The molecule has 2 aromatic heterocycles. The Balaban J connectivity index is 1.55. The van der Waals surface area contributed by atoms with Gasteiger partial charge in [0.2, 0.25) is 11.7 Å². The number of nitrogens with zero attached hydrogens (tertiary/aromatic N) is 4. The molecule has 2 atom stereocenters. The fourth-order valence-electron chi connectivity index (χ4n) is 4.09. The van der Waals surface area contributed by atoms with E-state index in [1.165, 1.54) is 11.8 Å². The molecule has 4 rings (SSSR count). The first kappa shape index (κ1) is 23.6. The first-order valence-corrected chi connectivity index (χ1v) is 13.8. The summed E-state index contributed by atoms with van der Waals surface area (Å²) in [6.45, 7) is 4.52. The Kier molecular flexibility index (Phi) is 7.23. The lowest BCUT2D eigenvalue weighted by Crippen LogP contribution is -2.47. The van der Waals surface area contributed by atoms with Crippen LogP contribution in [0, 0.1) is 0 Å². The lowest BCUT2D eigenvalue weighted by atomic mass is 10.1. The van der Waals surface area contributed by atoms with Gasteiger partial charge in [0.1, 0.15) is 0 Å². The molecule has 1 aliphatic heterocycles. The van der Waals surface area contributed by atoms with Gasteiger partial charge in [0.05, 0.1) is 30.1 Å².